The standard InChI is InChI=1S/C22H23N3/c1-14-8-17-11-18(16-4-6-23-15(2)10-16)12-25-21-5-7-24(3)13-20(21)19(9-14)22(17)25/h4,6,8-11H,5,7,12-13H2,1-3H3. The van der Waals surface area contributed by atoms with Gasteiger partial charge in [-0.05, 0) is 79.1 Å². The van der Waals surface area contributed by atoms with Crippen LogP contribution in [-0.4, -0.2) is 28.0 Å². The van der Waals surface area contributed by atoms with Crippen molar-refractivity contribution in [3.63, 3.8) is 0 Å². The molecule has 0 radical (unpaired) electrons. The lowest BCUT2D eigenvalue weighted by atomic mass is 9.97. The fourth-order valence-corrected chi connectivity index (χ4v) is 4.51. The van der Waals surface area contributed by atoms with E-state index >= 15 is 0 Å². The highest BCUT2D eigenvalue weighted by Gasteiger charge is 2.26. The number of likely N-dealkylation sites (N-methyl/N-ethyl adjacent to an activating group) is 1. The topological polar surface area (TPSA) is 21.1 Å². The first-order chi connectivity index (χ1) is 12.1. The third-order valence-electron chi connectivity index (χ3n) is 5.64. The summed E-state index contributed by atoms with van der Waals surface area (Å²) in [4.78, 5) is 6.80. The Bertz CT molecular complexity index is 1040. The van der Waals surface area contributed by atoms with Crippen LogP contribution in [0.3, 0.4) is 0 Å². The molecular formula is C22H23N3. The number of aryl methyl sites for hydroxylation is 2. The van der Waals surface area contributed by atoms with Gasteiger partial charge in [0.05, 0.1) is 5.52 Å². The molecule has 0 N–H and O–H groups in total. The maximum atomic E-state index is 4.36. The van der Waals surface area contributed by atoms with Gasteiger partial charge in [-0.1, -0.05) is 0 Å². The fourth-order valence-electron chi connectivity index (χ4n) is 4.51. The number of pyridine rings is 1. The highest BCUT2D eigenvalue weighted by atomic mass is 15.1. The number of nitrogens with zero attached hydrogens (tertiary/aromatic N) is 3. The minimum absolute atomic E-state index is 0.967. The third kappa shape index (κ3) is 2.26. The minimum atomic E-state index is 0.967. The zero-order chi connectivity index (χ0) is 17.1. The smallest absolute Gasteiger partial charge is 0.0562 e. The highest BCUT2D eigenvalue weighted by molar-refractivity contribution is 5.99. The zero-order valence-electron chi connectivity index (χ0n) is 15.1. The van der Waals surface area contributed by atoms with E-state index in [9.17, 15) is 0 Å². The number of fused-ring (bicyclic) bond motifs is 3. The highest BCUT2D eigenvalue weighted by Crippen LogP contribution is 2.39. The van der Waals surface area contributed by atoms with Crippen LogP contribution in [0.2, 0.25) is 0 Å². The van der Waals surface area contributed by atoms with E-state index < -0.39 is 0 Å². The summed E-state index contributed by atoms with van der Waals surface area (Å²) >= 11 is 0. The summed E-state index contributed by atoms with van der Waals surface area (Å²) in [5, 5.41) is 1.46. The van der Waals surface area contributed by atoms with Crippen molar-refractivity contribution in [2.75, 3.05) is 13.6 Å². The monoisotopic (exact) mass is 329 g/mol. The Kier molecular flexibility index (Phi) is 3.16. The lowest BCUT2D eigenvalue weighted by molar-refractivity contribution is 0.310. The molecule has 3 heteroatoms. The molecule has 0 spiro atoms. The lowest BCUT2D eigenvalue weighted by Crippen LogP contribution is -2.27. The van der Waals surface area contributed by atoms with Gasteiger partial charge < -0.3 is 9.47 Å². The summed E-state index contributed by atoms with van der Waals surface area (Å²) in [6.45, 7) is 7.45. The zero-order valence-corrected chi connectivity index (χ0v) is 15.1. The normalized spacial score (nSPS) is 16.8. The predicted octanol–water partition coefficient (Wildman–Crippen LogP) is 4.20. The summed E-state index contributed by atoms with van der Waals surface area (Å²) < 4.78 is 2.58. The van der Waals surface area contributed by atoms with Crippen molar-refractivity contribution in [2.45, 2.75) is 33.4 Å². The molecule has 0 unspecified atom stereocenters. The van der Waals surface area contributed by atoms with E-state index in [-0.39, 0.29) is 0 Å². The van der Waals surface area contributed by atoms with Gasteiger partial charge in [-0.3, -0.25) is 4.98 Å². The van der Waals surface area contributed by atoms with Crippen LogP contribution < -0.4 is 0 Å². The van der Waals surface area contributed by atoms with Crippen molar-refractivity contribution in [2.24, 2.45) is 0 Å². The van der Waals surface area contributed by atoms with Crippen LogP contribution in [0, 0.1) is 13.8 Å². The lowest BCUT2D eigenvalue weighted by Gasteiger charge is -2.25. The van der Waals surface area contributed by atoms with Crippen molar-refractivity contribution in [3.05, 3.63) is 64.1 Å². The van der Waals surface area contributed by atoms with Gasteiger partial charge in [0.15, 0.2) is 0 Å². The molecule has 0 aliphatic carbocycles. The Hall–Kier alpha value is -2.39. The van der Waals surface area contributed by atoms with Crippen LogP contribution in [-0.2, 0) is 19.5 Å². The number of benzene rings is 1. The molecular weight excluding hydrogens is 306 g/mol. The van der Waals surface area contributed by atoms with Crippen LogP contribution in [0.25, 0.3) is 22.6 Å². The molecule has 2 aliphatic rings. The van der Waals surface area contributed by atoms with Gasteiger partial charge in [-0.15, -0.1) is 0 Å². The molecule has 3 nitrogen and oxygen atoms in total. The first-order valence-electron chi connectivity index (χ1n) is 9.07. The van der Waals surface area contributed by atoms with Gasteiger partial charge in [-0.25, -0.2) is 0 Å². The average molecular weight is 329 g/mol. The van der Waals surface area contributed by atoms with Crippen molar-refractivity contribution in [1.29, 1.82) is 0 Å². The minimum Gasteiger partial charge on any atom is -0.339 e. The molecule has 0 bridgehead atoms. The van der Waals surface area contributed by atoms with Gasteiger partial charge in [-0.2, -0.15) is 0 Å². The van der Waals surface area contributed by atoms with Crippen molar-refractivity contribution >= 4 is 22.6 Å². The molecule has 5 rings (SSSR count). The molecule has 0 saturated carbocycles. The molecule has 0 amide bonds. The van der Waals surface area contributed by atoms with Gasteiger partial charge >= 0.3 is 0 Å². The van der Waals surface area contributed by atoms with Crippen molar-refractivity contribution in [3.8, 4) is 0 Å². The van der Waals surface area contributed by atoms with Crippen LogP contribution in [0.4, 0.5) is 0 Å². The molecule has 0 saturated heterocycles. The van der Waals surface area contributed by atoms with Crippen LogP contribution in [0.5, 0.6) is 0 Å². The molecule has 2 aromatic heterocycles. The average Bonchev–Trinajstić information content (AvgIpc) is 2.89. The van der Waals surface area contributed by atoms with E-state index in [4.69, 9.17) is 0 Å². The van der Waals surface area contributed by atoms with E-state index in [1.165, 1.54) is 44.4 Å². The fraction of sp³-hybridized carbons (Fsp3) is 0.318. The van der Waals surface area contributed by atoms with Gasteiger partial charge in [0.25, 0.3) is 0 Å². The SMILES string of the molecule is Cc1cc2c3c(c1)c1c(n3CC(c3ccnc(C)c3)=C2)CCN(C)C1. The summed E-state index contributed by atoms with van der Waals surface area (Å²) in [6, 6.07) is 9.05. The molecule has 0 atom stereocenters. The summed E-state index contributed by atoms with van der Waals surface area (Å²) in [5.74, 6) is 0. The van der Waals surface area contributed by atoms with Gasteiger partial charge in [0.2, 0.25) is 0 Å². The van der Waals surface area contributed by atoms with E-state index in [0.29, 0.717) is 0 Å². The molecule has 4 heterocycles. The number of rotatable bonds is 1. The second kappa shape index (κ2) is 5.30. The van der Waals surface area contributed by atoms with E-state index in [1.54, 1.807) is 0 Å². The molecule has 126 valence electrons. The van der Waals surface area contributed by atoms with Crippen molar-refractivity contribution < 1.29 is 0 Å². The molecule has 0 fully saturated rings. The number of aromatic nitrogens is 2. The summed E-state index contributed by atoms with van der Waals surface area (Å²) in [5.41, 5.74) is 11.0. The predicted molar refractivity (Wildman–Crippen MR) is 104 cm³/mol. The molecule has 2 aliphatic heterocycles. The molecule has 1 aromatic carbocycles. The first kappa shape index (κ1) is 14.9. The Labute approximate surface area is 148 Å². The third-order valence-corrected chi connectivity index (χ3v) is 5.64. The summed E-state index contributed by atoms with van der Waals surface area (Å²) in [7, 11) is 2.23. The number of allylic oxidation sites excluding steroid dienone is 1. The maximum absolute atomic E-state index is 4.36. The second-order valence-electron chi connectivity index (χ2n) is 7.60. The Morgan fingerprint density at radius 1 is 1.08 bits per heavy atom. The number of hydrogen-bond acceptors (Lipinski definition) is 2. The number of hydrogen-bond donors (Lipinski definition) is 0. The van der Waals surface area contributed by atoms with E-state index in [2.05, 4.69) is 65.7 Å². The van der Waals surface area contributed by atoms with Crippen molar-refractivity contribution in [1.82, 2.24) is 14.5 Å². The Morgan fingerprint density at radius 3 is 2.80 bits per heavy atom. The molecule has 25 heavy (non-hydrogen) atoms. The Morgan fingerprint density at radius 2 is 1.96 bits per heavy atom. The van der Waals surface area contributed by atoms with E-state index in [0.717, 1.165) is 31.7 Å². The van der Waals surface area contributed by atoms with Gasteiger partial charge in [0.1, 0.15) is 0 Å². The van der Waals surface area contributed by atoms with Crippen LogP contribution in [0.15, 0.2) is 30.5 Å². The van der Waals surface area contributed by atoms with Crippen LogP contribution in [0.1, 0.15) is 33.6 Å². The maximum Gasteiger partial charge on any atom is 0.0562 e. The largest absolute Gasteiger partial charge is 0.339 e. The van der Waals surface area contributed by atoms with Crippen LogP contribution >= 0.6 is 0 Å². The Balaban J connectivity index is 1.75. The first-order valence-corrected chi connectivity index (χ1v) is 9.07. The second-order valence-corrected chi connectivity index (χ2v) is 7.60. The quantitative estimate of drug-likeness (QED) is 0.667. The summed E-state index contributed by atoms with van der Waals surface area (Å²) in [6.07, 6.45) is 5.45. The van der Waals surface area contributed by atoms with Gasteiger partial charge in [0, 0.05) is 49.0 Å². The van der Waals surface area contributed by atoms with E-state index in [1.807, 2.05) is 6.20 Å². The molecule has 3 aromatic rings.